The zero-order chi connectivity index (χ0) is 13.4. The van der Waals surface area contributed by atoms with E-state index in [4.69, 9.17) is 5.73 Å². The van der Waals surface area contributed by atoms with Gasteiger partial charge in [-0.25, -0.2) is 4.98 Å². The topological polar surface area (TPSA) is 59.2 Å². The normalized spacial score (nSPS) is 17.6. The molecule has 98 valence electrons. The molecule has 1 atom stereocenters. The van der Waals surface area contributed by atoms with E-state index < -0.39 is 0 Å². The van der Waals surface area contributed by atoms with Crippen LogP contribution in [0.3, 0.4) is 0 Å². The molecule has 0 saturated carbocycles. The Morgan fingerprint density at radius 1 is 1.53 bits per heavy atom. The van der Waals surface area contributed by atoms with E-state index in [9.17, 15) is 4.79 Å². The highest BCUT2D eigenvalue weighted by Crippen LogP contribution is 2.36. The Morgan fingerprint density at radius 3 is 3.05 bits per heavy atom. The van der Waals surface area contributed by atoms with E-state index in [1.165, 1.54) is 16.9 Å². The Hall–Kier alpha value is -1.72. The van der Waals surface area contributed by atoms with Gasteiger partial charge in [0.1, 0.15) is 10.7 Å². The molecule has 1 aromatic carbocycles. The number of nitrogens with two attached hydrogens (primary N) is 1. The second-order valence-corrected chi connectivity index (χ2v) is 5.65. The zero-order valence-electron chi connectivity index (χ0n) is 10.7. The molecule has 2 aromatic rings. The number of carbonyl (C=O) groups excluding carboxylic acids is 1. The van der Waals surface area contributed by atoms with Crippen molar-refractivity contribution in [3.05, 3.63) is 45.9 Å². The van der Waals surface area contributed by atoms with Crippen LogP contribution in [0, 0.1) is 0 Å². The van der Waals surface area contributed by atoms with Crippen molar-refractivity contribution < 1.29 is 4.79 Å². The third kappa shape index (κ3) is 2.05. The van der Waals surface area contributed by atoms with E-state index in [2.05, 4.69) is 18.0 Å². The molecular formula is C14H15N3OS. The van der Waals surface area contributed by atoms with Crippen molar-refractivity contribution in [2.45, 2.75) is 19.4 Å². The van der Waals surface area contributed by atoms with E-state index in [1.54, 1.807) is 5.38 Å². The molecule has 2 N–H and O–H groups in total. The highest BCUT2D eigenvalue weighted by atomic mass is 32.1. The molecule has 0 bridgehead atoms. The van der Waals surface area contributed by atoms with Crippen molar-refractivity contribution >= 4 is 22.9 Å². The number of hydrogen-bond donors (Lipinski definition) is 1. The molecule has 1 amide bonds. The van der Waals surface area contributed by atoms with E-state index in [-0.39, 0.29) is 5.91 Å². The first-order valence-electron chi connectivity index (χ1n) is 6.26. The molecule has 1 aliphatic rings. The van der Waals surface area contributed by atoms with Gasteiger partial charge in [0.2, 0.25) is 0 Å². The predicted molar refractivity (Wildman–Crippen MR) is 76.5 cm³/mol. The first kappa shape index (κ1) is 12.3. The summed E-state index contributed by atoms with van der Waals surface area (Å²) in [4.78, 5) is 18.6. The lowest BCUT2D eigenvalue weighted by molar-refractivity contribution is 0.0984. The van der Waals surface area contributed by atoms with Gasteiger partial charge in [0, 0.05) is 30.1 Å². The maximum Gasteiger partial charge on any atom is 0.277 e. The van der Waals surface area contributed by atoms with E-state index in [1.807, 2.05) is 23.1 Å². The van der Waals surface area contributed by atoms with Crippen LogP contribution in [0.4, 0.5) is 5.69 Å². The summed E-state index contributed by atoms with van der Waals surface area (Å²) in [5, 5.41) is 2.58. The second-order valence-electron chi connectivity index (χ2n) is 4.71. The highest BCUT2D eigenvalue weighted by molar-refractivity contribution is 7.09. The molecule has 0 unspecified atom stereocenters. The van der Waals surface area contributed by atoms with Crippen molar-refractivity contribution in [1.29, 1.82) is 0 Å². The third-order valence-corrected chi connectivity index (χ3v) is 4.28. The second kappa shape index (κ2) is 4.75. The van der Waals surface area contributed by atoms with Crippen molar-refractivity contribution in [3.8, 4) is 0 Å². The van der Waals surface area contributed by atoms with Crippen molar-refractivity contribution in [3.63, 3.8) is 0 Å². The van der Waals surface area contributed by atoms with Crippen LogP contribution < -0.4 is 10.6 Å². The number of nitrogens with zero attached hydrogens (tertiary/aromatic N) is 2. The maximum absolute atomic E-state index is 12.5. The Morgan fingerprint density at radius 2 is 2.32 bits per heavy atom. The molecule has 3 rings (SSSR count). The van der Waals surface area contributed by atoms with Gasteiger partial charge in [0.05, 0.1) is 0 Å². The third-order valence-electron chi connectivity index (χ3n) is 3.41. The van der Waals surface area contributed by atoms with Gasteiger partial charge in [0.25, 0.3) is 5.91 Å². The lowest BCUT2D eigenvalue weighted by Gasteiger charge is -2.16. The predicted octanol–water partition coefficient (Wildman–Crippen LogP) is 2.37. The Kier molecular flexibility index (Phi) is 3.08. The lowest BCUT2D eigenvalue weighted by Crippen LogP contribution is -2.29. The summed E-state index contributed by atoms with van der Waals surface area (Å²) in [6, 6.07) is 8.05. The molecule has 1 aliphatic heterocycles. The minimum atomic E-state index is -0.0345. The Balaban J connectivity index is 1.93. The smallest absolute Gasteiger partial charge is 0.277 e. The quantitative estimate of drug-likeness (QED) is 0.913. The number of aromatic nitrogens is 1. The van der Waals surface area contributed by atoms with Gasteiger partial charge < -0.3 is 10.6 Å². The highest BCUT2D eigenvalue weighted by Gasteiger charge is 2.30. The van der Waals surface area contributed by atoms with Gasteiger partial charge in [-0.05, 0) is 11.6 Å². The monoisotopic (exact) mass is 273 g/mol. The van der Waals surface area contributed by atoms with Crippen LogP contribution in [-0.4, -0.2) is 17.4 Å². The van der Waals surface area contributed by atoms with Crippen LogP contribution in [0.2, 0.25) is 0 Å². The van der Waals surface area contributed by atoms with Crippen LogP contribution in [0.1, 0.15) is 33.9 Å². The van der Waals surface area contributed by atoms with Crippen LogP contribution >= 0.6 is 11.3 Å². The van der Waals surface area contributed by atoms with Gasteiger partial charge in [-0.1, -0.05) is 25.1 Å². The summed E-state index contributed by atoms with van der Waals surface area (Å²) in [5.74, 6) is 0.334. The van der Waals surface area contributed by atoms with E-state index in [0.717, 1.165) is 10.7 Å². The molecule has 0 saturated heterocycles. The molecule has 19 heavy (non-hydrogen) atoms. The summed E-state index contributed by atoms with van der Waals surface area (Å²) in [6.45, 7) is 3.23. The number of carbonyl (C=O) groups is 1. The average molecular weight is 273 g/mol. The molecule has 0 fully saturated rings. The molecule has 0 radical (unpaired) electrons. The standard InChI is InChI=1S/C14H15N3OS/c1-9-7-17(12-5-3-2-4-10(9)12)14(18)11-8-19-13(6-15)16-11/h2-5,8-9H,6-7,15H2,1H3/t9-/m0/s1. The zero-order valence-corrected chi connectivity index (χ0v) is 11.5. The van der Waals surface area contributed by atoms with Crippen molar-refractivity contribution in [1.82, 2.24) is 4.98 Å². The Bertz CT molecular complexity index is 623. The number of amides is 1. The van der Waals surface area contributed by atoms with Crippen molar-refractivity contribution in [2.24, 2.45) is 5.73 Å². The first-order valence-corrected chi connectivity index (χ1v) is 7.14. The van der Waals surface area contributed by atoms with Crippen LogP contribution in [0.25, 0.3) is 0 Å². The summed E-state index contributed by atoms with van der Waals surface area (Å²) < 4.78 is 0. The summed E-state index contributed by atoms with van der Waals surface area (Å²) in [6.07, 6.45) is 0. The van der Waals surface area contributed by atoms with Crippen molar-refractivity contribution in [2.75, 3.05) is 11.4 Å². The van der Waals surface area contributed by atoms with Gasteiger partial charge in [-0.15, -0.1) is 11.3 Å². The van der Waals surface area contributed by atoms with E-state index >= 15 is 0 Å². The number of para-hydroxylation sites is 1. The molecule has 2 heterocycles. The largest absolute Gasteiger partial charge is 0.325 e. The average Bonchev–Trinajstić information content (AvgIpc) is 3.04. The van der Waals surface area contributed by atoms with Gasteiger partial charge in [0.15, 0.2) is 0 Å². The molecule has 0 aliphatic carbocycles. The van der Waals surface area contributed by atoms with Gasteiger partial charge in [-0.2, -0.15) is 0 Å². The summed E-state index contributed by atoms with van der Waals surface area (Å²) in [5.41, 5.74) is 8.26. The van der Waals surface area contributed by atoms with Gasteiger partial charge >= 0.3 is 0 Å². The SMILES string of the molecule is C[C@H]1CN(C(=O)c2csc(CN)n2)c2ccccc21. The summed E-state index contributed by atoms with van der Waals surface area (Å²) >= 11 is 1.44. The fourth-order valence-corrected chi connectivity index (χ4v) is 3.10. The molecule has 5 heteroatoms. The van der Waals surface area contributed by atoms with E-state index in [0.29, 0.717) is 24.7 Å². The Labute approximate surface area is 115 Å². The fraction of sp³-hybridized carbons (Fsp3) is 0.286. The minimum absolute atomic E-state index is 0.0345. The number of benzene rings is 1. The maximum atomic E-state index is 12.5. The molecule has 4 nitrogen and oxygen atoms in total. The van der Waals surface area contributed by atoms with Crippen LogP contribution in [-0.2, 0) is 6.54 Å². The molecule has 1 aromatic heterocycles. The lowest BCUT2D eigenvalue weighted by atomic mass is 10.0. The number of hydrogen-bond acceptors (Lipinski definition) is 4. The van der Waals surface area contributed by atoms with Crippen LogP contribution in [0.15, 0.2) is 29.6 Å². The minimum Gasteiger partial charge on any atom is -0.325 e. The molecule has 0 spiro atoms. The summed E-state index contributed by atoms with van der Waals surface area (Å²) in [7, 11) is 0. The number of fused-ring (bicyclic) bond motifs is 1. The number of rotatable bonds is 2. The number of anilines is 1. The first-order chi connectivity index (χ1) is 9.20. The molecular weight excluding hydrogens is 258 g/mol. The number of thiazole rings is 1. The fourth-order valence-electron chi connectivity index (χ4n) is 2.45. The van der Waals surface area contributed by atoms with Crippen LogP contribution in [0.5, 0.6) is 0 Å². The van der Waals surface area contributed by atoms with Gasteiger partial charge in [-0.3, -0.25) is 4.79 Å².